The van der Waals surface area contributed by atoms with E-state index in [2.05, 4.69) is 26.3 Å². The fourth-order valence-corrected chi connectivity index (χ4v) is 8.20. The van der Waals surface area contributed by atoms with Gasteiger partial charge in [0.25, 0.3) is 0 Å². The Balaban J connectivity index is 0.948. The van der Waals surface area contributed by atoms with Crippen molar-refractivity contribution in [1.82, 2.24) is 40.3 Å². The highest BCUT2D eigenvalue weighted by molar-refractivity contribution is 6.18. The second-order valence-corrected chi connectivity index (χ2v) is 16.5. The number of amides is 5. The van der Waals surface area contributed by atoms with Crippen molar-refractivity contribution in [3.05, 3.63) is 149 Å². The number of hydrogen-bond donors (Lipinski definition) is 5. The summed E-state index contributed by atoms with van der Waals surface area (Å²) in [6.07, 6.45) is 5.09. The van der Waals surface area contributed by atoms with Crippen molar-refractivity contribution in [2.24, 2.45) is 11.7 Å². The van der Waals surface area contributed by atoms with Crippen LogP contribution in [0.25, 0.3) is 0 Å². The van der Waals surface area contributed by atoms with Gasteiger partial charge in [-0.15, -0.1) is 5.10 Å². The summed E-state index contributed by atoms with van der Waals surface area (Å²) in [5, 5.41) is 26.3. The predicted molar refractivity (Wildman–Crippen MR) is 245 cm³/mol. The van der Waals surface area contributed by atoms with E-state index in [1.54, 1.807) is 52.3 Å². The summed E-state index contributed by atoms with van der Waals surface area (Å²) in [4.78, 5) is 80.9. The van der Waals surface area contributed by atoms with Gasteiger partial charge in [-0.3, -0.25) is 9.59 Å². The molecule has 21 heteroatoms. The van der Waals surface area contributed by atoms with Gasteiger partial charge in [-0.1, -0.05) is 59.8 Å². The Bertz CT molecular complexity index is 2600. The van der Waals surface area contributed by atoms with E-state index in [9.17, 15) is 38.3 Å². The molecule has 1 aliphatic carbocycles. The minimum absolute atomic E-state index is 0.0165. The molecule has 362 valence electrons. The number of hydrogen-bond acceptors (Lipinski definition) is 12. The summed E-state index contributed by atoms with van der Waals surface area (Å²) >= 11 is 0. The molecule has 2 aliphatic heterocycles. The number of allylic oxidation sites excluding steroid dienone is 1. The first-order valence-electron chi connectivity index (χ1n) is 22.3. The van der Waals surface area contributed by atoms with Crippen LogP contribution in [0.5, 0.6) is 0 Å². The SMILES string of the molecule is CCN1C=C(C(=O)O)C(=O)C2C=C(F)C(N3CCN(C(=O)OCc4ccc(NC(=O)[C@H](CCCNC(N)=O)n5cc([C@H](Cc6ccc(F)cc6)NC(=O)OCc6ccccc6)nn5)cc4)CC3)=CC21. The van der Waals surface area contributed by atoms with Gasteiger partial charge in [0.05, 0.1) is 29.9 Å². The maximum Gasteiger partial charge on any atom is 0.410 e. The van der Waals surface area contributed by atoms with Gasteiger partial charge in [0.15, 0.2) is 5.78 Å². The first-order chi connectivity index (χ1) is 33.3. The van der Waals surface area contributed by atoms with Gasteiger partial charge in [-0.2, -0.15) is 0 Å². The maximum absolute atomic E-state index is 15.4. The fraction of sp³-hybridized carbons (Fsp3) is 0.333. The van der Waals surface area contributed by atoms with E-state index in [4.69, 9.17) is 15.2 Å². The summed E-state index contributed by atoms with van der Waals surface area (Å²) in [6, 6.07) is 18.6. The summed E-state index contributed by atoms with van der Waals surface area (Å²) in [5.74, 6) is -4.48. The normalized spacial score (nSPS) is 17.6. The lowest BCUT2D eigenvalue weighted by atomic mass is 9.82. The second kappa shape index (κ2) is 22.6. The Morgan fingerprint density at radius 3 is 2.25 bits per heavy atom. The molecule has 6 N–H and O–H groups in total. The number of Topliss-reactive ketones (excluding diaryl/α,β-unsaturated/α-hetero) is 1. The highest BCUT2D eigenvalue weighted by Gasteiger charge is 2.41. The Hall–Kier alpha value is -8.10. The number of aromatic nitrogens is 3. The quantitative estimate of drug-likeness (QED) is 0.0644. The van der Waals surface area contributed by atoms with E-state index in [0.29, 0.717) is 48.6 Å². The van der Waals surface area contributed by atoms with Crippen LogP contribution in [-0.2, 0) is 43.5 Å². The van der Waals surface area contributed by atoms with Crippen LogP contribution in [0.1, 0.15) is 54.2 Å². The lowest BCUT2D eigenvalue weighted by molar-refractivity contribution is -0.136. The van der Waals surface area contributed by atoms with Crippen molar-refractivity contribution in [2.45, 2.75) is 57.5 Å². The summed E-state index contributed by atoms with van der Waals surface area (Å²) in [7, 11) is 0. The number of nitrogens with one attached hydrogen (secondary N) is 3. The standard InChI is InChI=1S/C48H52F2N10O9/c1-2-57-26-36(45(63)64)43(61)35-24-37(50)42(25-41(35)57)58-19-21-59(22-20-58)48(67)69-29-32-12-16-34(17-13-32)53-44(62)40(9-6-18-52-46(51)65)60-27-39(55-56-60)38(23-30-10-14-33(49)15-11-30)54-47(66)68-28-31-7-4-3-5-8-31/h3-5,7-8,10-17,24-27,35,38,40-41H,2,6,9,18-23,28-29H2,1H3,(H,53,62)(H,54,66)(H,63,64)(H3,51,52,65)/t35?,38-,40-,41?/m0/s1. The number of primary amides is 1. The van der Waals surface area contributed by atoms with Gasteiger partial charge >= 0.3 is 24.2 Å². The van der Waals surface area contributed by atoms with Crippen LogP contribution in [0.15, 0.2) is 121 Å². The van der Waals surface area contributed by atoms with Crippen molar-refractivity contribution in [1.29, 1.82) is 0 Å². The molecule has 4 atom stereocenters. The molecule has 2 unspecified atom stereocenters. The number of ketones is 1. The van der Waals surface area contributed by atoms with Crippen LogP contribution < -0.4 is 21.7 Å². The lowest BCUT2D eigenvalue weighted by Crippen LogP contribution is -2.50. The number of nitrogens with zero attached hydrogens (tertiary/aromatic N) is 6. The fourth-order valence-electron chi connectivity index (χ4n) is 8.20. The minimum Gasteiger partial charge on any atom is -0.478 e. The number of carboxylic acid groups (broad SMARTS) is 1. The Morgan fingerprint density at radius 1 is 0.884 bits per heavy atom. The largest absolute Gasteiger partial charge is 0.478 e. The molecule has 0 bridgehead atoms. The molecule has 3 heterocycles. The highest BCUT2D eigenvalue weighted by Crippen LogP contribution is 2.35. The number of alkyl carbamates (subject to hydrolysis) is 1. The van der Waals surface area contributed by atoms with Crippen molar-refractivity contribution < 1.29 is 52.1 Å². The molecule has 3 aliphatic rings. The number of urea groups is 1. The van der Waals surface area contributed by atoms with Crippen LogP contribution in [0.2, 0.25) is 0 Å². The number of piperazine rings is 1. The summed E-state index contributed by atoms with van der Waals surface area (Å²) < 4.78 is 41.6. The molecule has 1 aromatic heterocycles. The number of nitrogens with two attached hydrogens (primary N) is 1. The average molecular weight is 951 g/mol. The molecule has 0 radical (unpaired) electrons. The molecule has 0 saturated carbocycles. The summed E-state index contributed by atoms with van der Waals surface area (Å²) in [6.45, 7) is 3.41. The van der Waals surface area contributed by atoms with Crippen molar-refractivity contribution in [3.63, 3.8) is 0 Å². The molecule has 0 spiro atoms. The van der Waals surface area contributed by atoms with Crippen molar-refractivity contribution >= 4 is 41.6 Å². The van der Waals surface area contributed by atoms with Gasteiger partial charge < -0.3 is 51.0 Å². The van der Waals surface area contributed by atoms with Crippen LogP contribution in [0.4, 0.5) is 28.9 Å². The van der Waals surface area contributed by atoms with Crippen LogP contribution in [0.3, 0.4) is 0 Å². The topological polar surface area (TPSA) is 244 Å². The summed E-state index contributed by atoms with van der Waals surface area (Å²) in [5.41, 5.74) is 7.98. The van der Waals surface area contributed by atoms with E-state index >= 15 is 4.39 Å². The molecule has 1 saturated heterocycles. The number of likely N-dealkylation sites (N-methyl/N-ethyl adjacent to an activating group) is 1. The first kappa shape index (κ1) is 48.8. The highest BCUT2D eigenvalue weighted by atomic mass is 19.1. The smallest absolute Gasteiger partial charge is 0.410 e. The van der Waals surface area contributed by atoms with Gasteiger partial charge in [-0.05, 0) is 79.3 Å². The second-order valence-electron chi connectivity index (χ2n) is 16.5. The molecule has 7 rings (SSSR count). The zero-order chi connectivity index (χ0) is 49.0. The average Bonchev–Trinajstić information content (AvgIpc) is 3.84. The number of aliphatic carboxylic acids is 1. The molecule has 1 fully saturated rings. The molecular weight excluding hydrogens is 899 g/mol. The maximum atomic E-state index is 15.4. The first-order valence-corrected chi connectivity index (χ1v) is 22.3. The third-order valence-electron chi connectivity index (χ3n) is 11.9. The zero-order valence-electron chi connectivity index (χ0n) is 37.6. The Labute approximate surface area is 395 Å². The van der Waals surface area contributed by atoms with E-state index in [0.717, 1.165) is 5.56 Å². The van der Waals surface area contributed by atoms with Crippen LogP contribution in [-0.4, -0.2) is 116 Å². The Kier molecular flexibility index (Phi) is 16.0. The van der Waals surface area contributed by atoms with E-state index in [-0.39, 0.29) is 57.0 Å². The number of fused-ring (bicyclic) bond motifs is 1. The van der Waals surface area contributed by atoms with Crippen LogP contribution >= 0.6 is 0 Å². The minimum atomic E-state index is -1.36. The number of benzene rings is 3. The van der Waals surface area contributed by atoms with E-state index < -0.39 is 71.6 Å². The number of carboxylic acids is 1. The van der Waals surface area contributed by atoms with Crippen molar-refractivity contribution in [2.75, 3.05) is 44.6 Å². The molecule has 5 amide bonds. The van der Waals surface area contributed by atoms with E-state index in [1.165, 1.54) is 40.2 Å². The number of carbonyl (C=O) groups is 6. The number of ether oxygens (including phenoxy) is 2. The molecule has 69 heavy (non-hydrogen) atoms. The number of anilines is 1. The predicted octanol–water partition coefficient (Wildman–Crippen LogP) is 5.12. The zero-order valence-corrected chi connectivity index (χ0v) is 37.6. The Morgan fingerprint density at radius 2 is 1.57 bits per heavy atom. The van der Waals surface area contributed by atoms with Gasteiger partial charge in [0.1, 0.15) is 42.2 Å². The third-order valence-corrected chi connectivity index (χ3v) is 11.9. The van der Waals surface area contributed by atoms with E-state index in [1.807, 2.05) is 37.3 Å². The van der Waals surface area contributed by atoms with Crippen molar-refractivity contribution in [3.8, 4) is 0 Å². The number of halogens is 2. The molecule has 3 aromatic carbocycles. The van der Waals surface area contributed by atoms with Gasteiger partial charge in [0.2, 0.25) is 5.91 Å². The number of rotatable bonds is 18. The molecule has 19 nitrogen and oxygen atoms in total. The lowest BCUT2D eigenvalue weighted by Gasteiger charge is -2.42. The molecule has 4 aromatic rings. The van der Waals surface area contributed by atoms with Crippen LogP contribution in [0, 0.1) is 11.7 Å². The third kappa shape index (κ3) is 12.7. The monoisotopic (exact) mass is 950 g/mol. The van der Waals surface area contributed by atoms with Gasteiger partial charge in [0, 0.05) is 51.2 Å². The molecular formula is C48H52F2N10O9. The van der Waals surface area contributed by atoms with Gasteiger partial charge in [-0.25, -0.2) is 32.6 Å². The number of carbonyl (C=O) groups excluding carboxylic acids is 5.